The fraction of sp³-hybridized carbons (Fsp3) is 0.400. The fourth-order valence-corrected chi connectivity index (χ4v) is 1.68. The molecule has 1 heterocycles. The van der Waals surface area contributed by atoms with E-state index < -0.39 is 0 Å². The first-order valence-electron chi connectivity index (χ1n) is 4.86. The Morgan fingerprint density at radius 2 is 2.38 bits per heavy atom. The van der Waals surface area contributed by atoms with Crippen LogP contribution in [0.5, 0.6) is 0 Å². The van der Waals surface area contributed by atoms with E-state index >= 15 is 0 Å². The van der Waals surface area contributed by atoms with Crippen molar-refractivity contribution in [3.05, 3.63) is 23.1 Å². The molecule has 1 amide bonds. The monoisotopic (exact) mass is 260 g/mol. The second kappa shape index (κ2) is 5.86. The van der Waals surface area contributed by atoms with Crippen LogP contribution in [0.4, 0.5) is 0 Å². The predicted octanol–water partition coefficient (Wildman–Crippen LogP) is 2.07. The first kappa shape index (κ1) is 13.0. The molecule has 0 fully saturated rings. The van der Waals surface area contributed by atoms with E-state index in [4.69, 9.17) is 34.0 Å². The van der Waals surface area contributed by atoms with Crippen molar-refractivity contribution in [2.45, 2.75) is 13.3 Å². The zero-order valence-electron chi connectivity index (χ0n) is 8.90. The molecule has 1 rings (SSSR count). The van der Waals surface area contributed by atoms with E-state index in [2.05, 4.69) is 0 Å². The normalized spacial score (nSPS) is 10.1. The molecule has 0 aliphatic carbocycles. The molecular formula is C10H13ClN2O2S. The summed E-state index contributed by atoms with van der Waals surface area (Å²) in [7, 11) is 0. The Kier molecular flexibility index (Phi) is 4.76. The number of hydrogen-bond donors (Lipinski definition) is 1. The summed E-state index contributed by atoms with van der Waals surface area (Å²) in [6.45, 7) is 2.80. The molecule has 0 unspecified atom stereocenters. The quantitative estimate of drug-likeness (QED) is 0.824. The highest BCUT2D eigenvalue weighted by Gasteiger charge is 2.20. The van der Waals surface area contributed by atoms with Gasteiger partial charge in [-0.3, -0.25) is 4.79 Å². The number of thiocarbonyl (C=S) groups is 1. The maximum atomic E-state index is 12.0. The van der Waals surface area contributed by atoms with E-state index in [1.165, 1.54) is 12.3 Å². The van der Waals surface area contributed by atoms with E-state index in [1.807, 2.05) is 6.92 Å². The highest BCUT2D eigenvalue weighted by molar-refractivity contribution is 7.80. The van der Waals surface area contributed by atoms with Crippen molar-refractivity contribution >= 4 is 34.7 Å². The Labute approximate surface area is 104 Å². The molecule has 0 radical (unpaired) electrons. The van der Waals surface area contributed by atoms with Gasteiger partial charge >= 0.3 is 0 Å². The van der Waals surface area contributed by atoms with Gasteiger partial charge in [0.05, 0.1) is 23.4 Å². The van der Waals surface area contributed by atoms with Gasteiger partial charge in [-0.05, 0) is 24.1 Å². The standard InChI is InChI=1S/C10H13ClN2O2S/c1-2-4-13(6-8(12)16)10(14)7-3-5-15-9(7)11/h3,5H,2,4,6H2,1H3,(H2,12,16). The van der Waals surface area contributed by atoms with Crippen LogP contribution in [0, 0.1) is 0 Å². The minimum Gasteiger partial charge on any atom is -0.452 e. The van der Waals surface area contributed by atoms with E-state index in [9.17, 15) is 4.79 Å². The Balaban J connectivity index is 2.82. The van der Waals surface area contributed by atoms with Gasteiger partial charge in [0.25, 0.3) is 5.91 Å². The molecule has 2 N–H and O–H groups in total. The number of nitrogens with two attached hydrogens (primary N) is 1. The van der Waals surface area contributed by atoms with Crippen LogP contribution in [0.15, 0.2) is 16.7 Å². The lowest BCUT2D eigenvalue weighted by molar-refractivity contribution is 0.0779. The number of carbonyl (C=O) groups excluding carboxylic acids is 1. The van der Waals surface area contributed by atoms with Crippen LogP contribution < -0.4 is 5.73 Å². The van der Waals surface area contributed by atoms with Gasteiger partial charge in [0.15, 0.2) is 0 Å². The summed E-state index contributed by atoms with van der Waals surface area (Å²) in [5.41, 5.74) is 5.77. The van der Waals surface area contributed by atoms with E-state index in [0.29, 0.717) is 12.1 Å². The second-order valence-electron chi connectivity index (χ2n) is 3.30. The Bertz CT molecular complexity index is 392. The van der Waals surface area contributed by atoms with Crippen molar-refractivity contribution in [2.75, 3.05) is 13.1 Å². The molecule has 0 bridgehead atoms. The third kappa shape index (κ3) is 3.21. The second-order valence-corrected chi connectivity index (χ2v) is 4.17. The summed E-state index contributed by atoms with van der Waals surface area (Å²) >= 11 is 10.5. The molecule has 0 aliphatic rings. The number of halogens is 1. The third-order valence-electron chi connectivity index (χ3n) is 1.98. The lowest BCUT2D eigenvalue weighted by Crippen LogP contribution is -2.38. The number of rotatable bonds is 5. The highest BCUT2D eigenvalue weighted by atomic mass is 35.5. The molecule has 6 heteroatoms. The fourth-order valence-electron chi connectivity index (χ4n) is 1.33. The number of nitrogens with zero attached hydrogens (tertiary/aromatic N) is 1. The van der Waals surface area contributed by atoms with Crippen molar-refractivity contribution in [3.63, 3.8) is 0 Å². The molecule has 0 saturated carbocycles. The molecule has 0 spiro atoms. The van der Waals surface area contributed by atoms with E-state index in [0.717, 1.165) is 6.42 Å². The minimum absolute atomic E-state index is 0.0917. The van der Waals surface area contributed by atoms with E-state index in [1.54, 1.807) is 4.90 Å². The Morgan fingerprint density at radius 1 is 1.69 bits per heavy atom. The van der Waals surface area contributed by atoms with Gasteiger partial charge in [0, 0.05) is 6.54 Å². The summed E-state index contributed by atoms with van der Waals surface area (Å²) in [4.78, 5) is 13.9. The lowest BCUT2D eigenvalue weighted by atomic mass is 10.2. The third-order valence-corrected chi connectivity index (χ3v) is 2.40. The SMILES string of the molecule is CCCN(CC(N)=S)C(=O)c1ccoc1Cl. The van der Waals surface area contributed by atoms with Crippen molar-refractivity contribution in [2.24, 2.45) is 5.73 Å². The molecule has 16 heavy (non-hydrogen) atoms. The smallest absolute Gasteiger partial charge is 0.259 e. The van der Waals surface area contributed by atoms with Crippen LogP contribution in [0.25, 0.3) is 0 Å². The minimum atomic E-state index is -0.214. The molecule has 1 aromatic rings. The molecular weight excluding hydrogens is 248 g/mol. The molecule has 1 aromatic heterocycles. The van der Waals surface area contributed by atoms with Crippen molar-refractivity contribution in [1.29, 1.82) is 0 Å². The average molecular weight is 261 g/mol. The van der Waals surface area contributed by atoms with Crippen LogP contribution in [0.3, 0.4) is 0 Å². The van der Waals surface area contributed by atoms with E-state index in [-0.39, 0.29) is 22.7 Å². The maximum absolute atomic E-state index is 12.0. The van der Waals surface area contributed by atoms with Crippen LogP contribution in [0.1, 0.15) is 23.7 Å². The predicted molar refractivity (Wildman–Crippen MR) is 66.7 cm³/mol. The average Bonchev–Trinajstić information content (AvgIpc) is 2.62. The zero-order chi connectivity index (χ0) is 12.1. The first-order chi connectivity index (χ1) is 7.56. The molecule has 0 saturated heterocycles. The van der Waals surface area contributed by atoms with Gasteiger partial charge in [-0.25, -0.2) is 0 Å². The van der Waals surface area contributed by atoms with Gasteiger partial charge < -0.3 is 15.1 Å². The zero-order valence-corrected chi connectivity index (χ0v) is 10.5. The largest absolute Gasteiger partial charge is 0.452 e. The van der Waals surface area contributed by atoms with Gasteiger partial charge in [0.1, 0.15) is 0 Å². The topological polar surface area (TPSA) is 59.5 Å². The van der Waals surface area contributed by atoms with Gasteiger partial charge in [-0.1, -0.05) is 19.1 Å². The van der Waals surface area contributed by atoms with Crippen molar-refractivity contribution < 1.29 is 9.21 Å². The molecule has 0 aromatic carbocycles. The van der Waals surface area contributed by atoms with Crippen LogP contribution >= 0.6 is 23.8 Å². The van der Waals surface area contributed by atoms with Crippen LogP contribution in [-0.4, -0.2) is 28.9 Å². The summed E-state index contributed by atoms with van der Waals surface area (Å²) in [5, 5.41) is 0.0917. The summed E-state index contributed by atoms with van der Waals surface area (Å²) in [6, 6.07) is 1.53. The number of amides is 1. The Hall–Kier alpha value is -1.07. The lowest BCUT2D eigenvalue weighted by Gasteiger charge is -2.20. The summed E-state index contributed by atoms with van der Waals surface area (Å²) in [6.07, 6.45) is 2.20. The molecule has 4 nitrogen and oxygen atoms in total. The van der Waals surface area contributed by atoms with Crippen LogP contribution in [0.2, 0.25) is 5.22 Å². The van der Waals surface area contributed by atoms with Crippen molar-refractivity contribution in [3.8, 4) is 0 Å². The number of carbonyl (C=O) groups is 1. The number of furan rings is 1. The molecule has 0 aliphatic heterocycles. The first-order valence-corrected chi connectivity index (χ1v) is 5.65. The van der Waals surface area contributed by atoms with Gasteiger partial charge in [-0.2, -0.15) is 0 Å². The summed E-state index contributed by atoms with van der Waals surface area (Å²) < 4.78 is 4.87. The number of hydrogen-bond acceptors (Lipinski definition) is 3. The van der Waals surface area contributed by atoms with Gasteiger partial charge in [-0.15, -0.1) is 0 Å². The Morgan fingerprint density at radius 3 is 2.81 bits per heavy atom. The highest BCUT2D eigenvalue weighted by Crippen LogP contribution is 2.18. The summed E-state index contributed by atoms with van der Waals surface area (Å²) in [5.74, 6) is -0.214. The molecule has 88 valence electrons. The van der Waals surface area contributed by atoms with Gasteiger partial charge in [0.2, 0.25) is 5.22 Å². The molecule has 0 atom stereocenters. The maximum Gasteiger partial charge on any atom is 0.259 e. The van der Waals surface area contributed by atoms with Crippen LogP contribution in [-0.2, 0) is 0 Å². The van der Waals surface area contributed by atoms with Crippen molar-refractivity contribution in [1.82, 2.24) is 4.90 Å².